The van der Waals surface area contributed by atoms with Crippen molar-refractivity contribution in [1.82, 2.24) is 0 Å². The number of carbonyl (C=O) groups is 1. The van der Waals surface area contributed by atoms with Crippen LogP contribution in [0, 0.1) is 0 Å². The molecule has 0 aliphatic rings. The molecule has 1 atom stereocenters. The van der Waals surface area contributed by atoms with Gasteiger partial charge in [0.15, 0.2) is 0 Å². The highest BCUT2D eigenvalue weighted by Crippen LogP contribution is 2.32. The zero-order valence-corrected chi connectivity index (χ0v) is 13.3. The van der Waals surface area contributed by atoms with Crippen molar-refractivity contribution < 1.29 is 14.6 Å². The van der Waals surface area contributed by atoms with E-state index in [9.17, 15) is 9.90 Å². The van der Waals surface area contributed by atoms with Crippen molar-refractivity contribution in [3.63, 3.8) is 0 Å². The fourth-order valence-electron chi connectivity index (χ4n) is 2.21. The van der Waals surface area contributed by atoms with Gasteiger partial charge in [-0.15, -0.1) is 0 Å². The van der Waals surface area contributed by atoms with Crippen LogP contribution in [0.5, 0.6) is 0 Å². The lowest BCUT2D eigenvalue weighted by Crippen LogP contribution is -2.24. The zero-order chi connectivity index (χ0) is 16.0. The molecule has 0 radical (unpaired) electrons. The largest absolute Gasteiger partial charge is 0.462 e. The van der Waals surface area contributed by atoms with Crippen LogP contribution in [0.15, 0.2) is 48.1 Å². The van der Waals surface area contributed by atoms with Gasteiger partial charge in [0, 0.05) is 0 Å². The van der Waals surface area contributed by atoms with Gasteiger partial charge in [-0.05, 0) is 50.5 Å². The molecule has 0 saturated carbocycles. The number of ether oxygens (including phenoxy) is 1. The lowest BCUT2D eigenvalue weighted by Gasteiger charge is -2.27. The highest BCUT2D eigenvalue weighted by molar-refractivity contribution is 5.89. The summed E-state index contributed by atoms with van der Waals surface area (Å²) < 4.78 is 4.95. The topological polar surface area (TPSA) is 46.5 Å². The molecule has 1 aromatic rings. The highest BCUT2D eigenvalue weighted by atomic mass is 16.5. The van der Waals surface area contributed by atoms with Crippen LogP contribution in [0.2, 0.25) is 0 Å². The summed E-state index contributed by atoms with van der Waals surface area (Å²) in [6, 6.07) is 6.87. The third kappa shape index (κ3) is 4.30. The minimum atomic E-state index is -1.08. The van der Waals surface area contributed by atoms with Crippen molar-refractivity contribution in [2.45, 2.75) is 39.7 Å². The van der Waals surface area contributed by atoms with Crippen molar-refractivity contribution in [1.29, 1.82) is 0 Å². The quantitative estimate of drug-likeness (QED) is 0.636. The molecule has 0 heterocycles. The van der Waals surface area contributed by atoms with Crippen molar-refractivity contribution in [2.24, 2.45) is 0 Å². The van der Waals surface area contributed by atoms with Crippen molar-refractivity contribution in [3.05, 3.63) is 59.2 Å². The average Bonchev–Trinajstić information content (AvgIpc) is 2.44. The summed E-state index contributed by atoms with van der Waals surface area (Å²) in [7, 11) is 0. The molecule has 3 heteroatoms. The van der Waals surface area contributed by atoms with Crippen molar-refractivity contribution in [2.75, 3.05) is 6.61 Å². The molecular formula is C18H24O3. The lowest BCUT2D eigenvalue weighted by molar-refractivity contribution is 0.0525. The maximum atomic E-state index is 11.6. The Morgan fingerprint density at radius 3 is 2.33 bits per heavy atom. The van der Waals surface area contributed by atoms with E-state index in [0.717, 1.165) is 23.1 Å². The summed E-state index contributed by atoms with van der Waals surface area (Å²) in [6.45, 7) is 11.6. The first kappa shape index (κ1) is 17.2. The van der Waals surface area contributed by atoms with Crippen LogP contribution in [0.3, 0.4) is 0 Å². The Hall–Kier alpha value is -1.87. The van der Waals surface area contributed by atoms with Gasteiger partial charge in [0.1, 0.15) is 5.60 Å². The van der Waals surface area contributed by atoms with E-state index >= 15 is 0 Å². The molecule has 0 aliphatic carbocycles. The number of carbonyl (C=O) groups excluding carboxylic acids is 1. The molecule has 114 valence electrons. The molecule has 1 aromatic carbocycles. The van der Waals surface area contributed by atoms with Crippen LogP contribution in [0.1, 0.15) is 50.0 Å². The van der Waals surface area contributed by atoms with E-state index < -0.39 is 5.60 Å². The van der Waals surface area contributed by atoms with Gasteiger partial charge >= 0.3 is 5.97 Å². The van der Waals surface area contributed by atoms with Crippen LogP contribution in [0.4, 0.5) is 0 Å². The van der Waals surface area contributed by atoms with Gasteiger partial charge in [-0.3, -0.25) is 0 Å². The molecule has 0 aliphatic heterocycles. The number of rotatable bonds is 6. The highest BCUT2D eigenvalue weighted by Gasteiger charge is 2.27. The van der Waals surface area contributed by atoms with Crippen molar-refractivity contribution >= 4 is 5.97 Å². The van der Waals surface area contributed by atoms with E-state index in [0.29, 0.717) is 12.2 Å². The van der Waals surface area contributed by atoms with Gasteiger partial charge in [0.2, 0.25) is 0 Å². The molecule has 0 bridgehead atoms. The van der Waals surface area contributed by atoms with Crippen LogP contribution >= 0.6 is 0 Å². The van der Waals surface area contributed by atoms with Crippen LogP contribution < -0.4 is 0 Å². The third-order valence-electron chi connectivity index (χ3n) is 3.38. The average molecular weight is 288 g/mol. The summed E-state index contributed by atoms with van der Waals surface area (Å²) in [5, 5.41) is 10.8. The van der Waals surface area contributed by atoms with E-state index in [4.69, 9.17) is 4.74 Å². The van der Waals surface area contributed by atoms with Gasteiger partial charge in [0.25, 0.3) is 0 Å². The fraction of sp³-hybridized carbons (Fsp3) is 0.389. The minimum Gasteiger partial charge on any atom is -0.462 e. The number of allylic oxidation sites excluding steroid dienone is 2. The van der Waals surface area contributed by atoms with Gasteiger partial charge in [-0.25, -0.2) is 4.79 Å². The number of aliphatic hydroxyl groups is 1. The third-order valence-corrected chi connectivity index (χ3v) is 3.38. The normalized spacial score (nSPS) is 14.4. The number of hydrogen-bond acceptors (Lipinski definition) is 3. The standard InChI is InChI=1S/C18H24O3/c1-6-15(12-13(3)4)18(5,20)16-10-8-14(9-11-16)17(19)21-7-2/h8-12,20H,3,6-7H2,1-2,4-5H3/b15-12+. The maximum absolute atomic E-state index is 11.6. The SMILES string of the molecule is C=C(C)/C=C(\CC)C(C)(O)c1ccc(C(=O)OCC)cc1. The van der Waals surface area contributed by atoms with Crippen molar-refractivity contribution in [3.8, 4) is 0 Å². The molecule has 0 saturated heterocycles. The second kappa shape index (κ2) is 7.23. The summed E-state index contributed by atoms with van der Waals surface area (Å²) >= 11 is 0. The van der Waals surface area contributed by atoms with E-state index in [2.05, 4.69) is 6.58 Å². The summed E-state index contributed by atoms with van der Waals surface area (Å²) in [4.78, 5) is 11.6. The van der Waals surface area contributed by atoms with E-state index in [1.54, 1.807) is 38.1 Å². The number of hydrogen-bond donors (Lipinski definition) is 1. The molecule has 0 spiro atoms. The van der Waals surface area contributed by atoms with Crippen LogP contribution in [-0.2, 0) is 10.3 Å². The van der Waals surface area contributed by atoms with E-state index in [-0.39, 0.29) is 5.97 Å². The summed E-state index contributed by atoms with van der Waals surface area (Å²) in [5.74, 6) is -0.350. The first-order valence-electron chi connectivity index (χ1n) is 7.19. The second-order valence-corrected chi connectivity index (χ2v) is 5.24. The Morgan fingerprint density at radius 1 is 1.33 bits per heavy atom. The molecule has 3 nitrogen and oxygen atoms in total. The molecule has 1 N–H and O–H groups in total. The Kier molecular flexibility index (Phi) is 5.91. The van der Waals surface area contributed by atoms with Crippen LogP contribution in [-0.4, -0.2) is 17.7 Å². The van der Waals surface area contributed by atoms with Gasteiger partial charge in [-0.2, -0.15) is 0 Å². The molecule has 0 amide bonds. The minimum absolute atomic E-state index is 0.347. The van der Waals surface area contributed by atoms with E-state index in [1.165, 1.54) is 0 Å². The molecule has 0 fully saturated rings. The van der Waals surface area contributed by atoms with Gasteiger partial charge < -0.3 is 9.84 Å². The van der Waals surface area contributed by atoms with Gasteiger partial charge in [-0.1, -0.05) is 37.3 Å². The lowest BCUT2D eigenvalue weighted by atomic mass is 9.85. The molecular weight excluding hydrogens is 264 g/mol. The van der Waals surface area contributed by atoms with Crippen LogP contribution in [0.25, 0.3) is 0 Å². The Balaban J connectivity index is 3.09. The number of esters is 1. The van der Waals surface area contributed by atoms with Gasteiger partial charge in [0.05, 0.1) is 12.2 Å². The first-order valence-corrected chi connectivity index (χ1v) is 7.19. The molecule has 1 unspecified atom stereocenters. The summed E-state index contributed by atoms with van der Waals surface area (Å²) in [6.07, 6.45) is 2.62. The monoisotopic (exact) mass is 288 g/mol. The zero-order valence-electron chi connectivity index (χ0n) is 13.3. The number of benzene rings is 1. The molecule has 0 aromatic heterocycles. The smallest absolute Gasteiger partial charge is 0.338 e. The molecule has 1 rings (SSSR count). The predicted octanol–water partition coefficient (Wildman–Crippen LogP) is 3.98. The predicted molar refractivity (Wildman–Crippen MR) is 85.2 cm³/mol. The maximum Gasteiger partial charge on any atom is 0.338 e. The second-order valence-electron chi connectivity index (χ2n) is 5.24. The molecule has 21 heavy (non-hydrogen) atoms. The Morgan fingerprint density at radius 2 is 1.90 bits per heavy atom. The summed E-state index contributed by atoms with van der Waals surface area (Å²) in [5.41, 5.74) is 1.93. The Bertz CT molecular complexity index is 536. The first-order chi connectivity index (χ1) is 9.82. The Labute approximate surface area is 127 Å². The fourth-order valence-corrected chi connectivity index (χ4v) is 2.21. The van der Waals surface area contributed by atoms with E-state index in [1.807, 2.05) is 19.9 Å².